The summed E-state index contributed by atoms with van der Waals surface area (Å²) in [6, 6.07) is 14.0. The lowest BCUT2D eigenvalue weighted by atomic mass is 10.1. The van der Waals surface area contributed by atoms with Crippen molar-refractivity contribution in [1.29, 1.82) is 0 Å². The molecule has 2 aromatic carbocycles. The topological polar surface area (TPSA) is 24.1 Å². The maximum Gasteiger partial charge on any atom is 0.123 e. The van der Waals surface area contributed by atoms with E-state index in [9.17, 15) is 4.39 Å². The van der Waals surface area contributed by atoms with Crippen LogP contribution in [0.3, 0.4) is 0 Å². The largest absolute Gasteiger partial charge is 0.321 e. The van der Waals surface area contributed by atoms with Crippen LogP contribution in [0.25, 0.3) is 0 Å². The molecule has 0 saturated heterocycles. The van der Waals surface area contributed by atoms with E-state index in [1.54, 1.807) is 12.1 Å². The van der Waals surface area contributed by atoms with E-state index in [1.807, 2.05) is 24.3 Å². The number of anilines is 1. The Morgan fingerprint density at radius 2 is 1.61 bits per heavy atom. The van der Waals surface area contributed by atoms with Gasteiger partial charge in [0.25, 0.3) is 0 Å². The second-order valence-corrected chi connectivity index (χ2v) is 4.37. The molecule has 2 N–H and O–H groups in total. The van der Waals surface area contributed by atoms with Gasteiger partial charge in [0, 0.05) is 17.3 Å². The van der Waals surface area contributed by atoms with Crippen molar-refractivity contribution in [2.75, 3.05) is 12.0 Å². The zero-order chi connectivity index (χ0) is 12.8. The molecule has 0 fully saturated rings. The monoisotopic (exact) mass is 264 g/mol. The van der Waals surface area contributed by atoms with Crippen molar-refractivity contribution in [3.8, 4) is 0 Å². The van der Waals surface area contributed by atoms with E-state index in [2.05, 4.69) is 10.9 Å². The van der Waals surface area contributed by atoms with Gasteiger partial charge in [0.1, 0.15) is 5.82 Å². The van der Waals surface area contributed by atoms with Gasteiger partial charge in [0.05, 0.1) is 0 Å². The normalized spacial score (nSPS) is 10.3. The fourth-order valence-corrected chi connectivity index (χ4v) is 1.68. The van der Waals surface area contributed by atoms with Gasteiger partial charge in [-0.05, 0) is 48.4 Å². The van der Waals surface area contributed by atoms with E-state index in [-0.39, 0.29) is 5.82 Å². The van der Waals surface area contributed by atoms with Crippen LogP contribution in [0.5, 0.6) is 0 Å². The number of nitrogens with one attached hydrogen (secondary N) is 2. The minimum Gasteiger partial charge on any atom is -0.321 e. The van der Waals surface area contributed by atoms with Crippen LogP contribution in [0.2, 0.25) is 5.02 Å². The first-order valence-corrected chi connectivity index (χ1v) is 6.11. The first kappa shape index (κ1) is 12.9. The third kappa shape index (κ3) is 4.02. The van der Waals surface area contributed by atoms with Crippen LogP contribution >= 0.6 is 11.6 Å². The Hall–Kier alpha value is -1.58. The predicted molar refractivity (Wildman–Crippen MR) is 73.2 cm³/mol. The molecule has 0 heterocycles. The highest BCUT2D eigenvalue weighted by Crippen LogP contribution is 2.10. The van der Waals surface area contributed by atoms with E-state index >= 15 is 0 Å². The van der Waals surface area contributed by atoms with Gasteiger partial charge in [0.15, 0.2) is 0 Å². The van der Waals surface area contributed by atoms with Crippen LogP contribution in [0.15, 0.2) is 48.5 Å². The molecule has 0 unspecified atom stereocenters. The van der Waals surface area contributed by atoms with Crippen molar-refractivity contribution in [2.45, 2.75) is 6.42 Å². The third-order valence-corrected chi connectivity index (χ3v) is 2.78. The SMILES string of the molecule is Fc1ccc(NNCCc2ccc(Cl)cc2)cc1. The van der Waals surface area contributed by atoms with Crippen LogP contribution in [-0.2, 0) is 6.42 Å². The quantitative estimate of drug-likeness (QED) is 0.636. The average molecular weight is 265 g/mol. The Balaban J connectivity index is 1.73. The number of benzene rings is 2. The van der Waals surface area contributed by atoms with Crippen LogP contribution in [0, 0.1) is 5.82 Å². The number of hydrazine groups is 1. The van der Waals surface area contributed by atoms with Crippen molar-refractivity contribution in [3.05, 3.63) is 64.9 Å². The second-order valence-electron chi connectivity index (χ2n) is 3.94. The molecule has 18 heavy (non-hydrogen) atoms. The lowest BCUT2D eigenvalue weighted by Gasteiger charge is -2.08. The molecule has 0 bridgehead atoms. The standard InChI is InChI=1S/C14H14ClFN2/c15-12-3-1-11(2-4-12)9-10-17-18-14-7-5-13(16)6-8-14/h1-8,17-18H,9-10H2. The highest BCUT2D eigenvalue weighted by molar-refractivity contribution is 6.30. The van der Waals surface area contributed by atoms with Gasteiger partial charge < -0.3 is 5.43 Å². The van der Waals surface area contributed by atoms with E-state index in [0.717, 1.165) is 23.7 Å². The first-order valence-electron chi connectivity index (χ1n) is 5.73. The van der Waals surface area contributed by atoms with Crippen molar-refractivity contribution in [1.82, 2.24) is 5.43 Å². The molecule has 2 rings (SSSR count). The summed E-state index contributed by atoms with van der Waals surface area (Å²) >= 11 is 5.81. The first-order chi connectivity index (χ1) is 8.74. The molecule has 0 aliphatic rings. The lowest BCUT2D eigenvalue weighted by molar-refractivity contribution is 0.628. The summed E-state index contributed by atoms with van der Waals surface area (Å²) in [6.45, 7) is 0.777. The van der Waals surface area contributed by atoms with Gasteiger partial charge in [-0.25, -0.2) is 9.82 Å². The summed E-state index contributed by atoms with van der Waals surface area (Å²) in [7, 11) is 0. The number of hydrogen-bond donors (Lipinski definition) is 2. The molecule has 0 atom stereocenters. The Morgan fingerprint density at radius 3 is 2.28 bits per heavy atom. The Morgan fingerprint density at radius 1 is 0.944 bits per heavy atom. The van der Waals surface area contributed by atoms with Gasteiger partial charge >= 0.3 is 0 Å². The molecule has 4 heteroatoms. The summed E-state index contributed by atoms with van der Waals surface area (Å²) in [5, 5.41) is 0.746. The summed E-state index contributed by atoms with van der Waals surface area (Å²) in [5.41, 5.74) is 8.15. The molecule has 0 spiro atoms. The van der Waals surface area contributed by atoms with Crippen molar-refractivity contribution in [2.24, 2.45) is 0 Å². The van der Waals surface area contributed by atoms with Crippen molar-refractivity contribution < 1.29 is 4.39 Å². The molecule has 0 aliphatic carbocycles. The van der Waals surface area contributed by atoms with Gasteiger partial charge in [-0.3, -0.25) is 0 Å². The van der Waals surface area contributed by atoms with Gasteiger partial charge in [-0.2, -0.15) is 0 Å². The molecule has 0 aliphatic heterocycles. The lowest BCUT2D eigenvalue weighted by Crippen LogP contribution is -2.24. The van der Waals surface area contributed by atoms with Crippen molar-refractivity contribution in [3.63, 3.8) is 0 Å². The fraction of sp³-hybridized carbons (Fsp3) is 0.143. The zero-order valence-corrected chi connectivity index (χ0v) is 10.5. The van der Waals surface area contributed by atoms with Gasteiger partial charge in [-0.15, -0.1) is 0 Å². The molecule has 0 aromatic heterocycles. The van der Waals surface area contributed by atoms with E-state index in [1.165, 1.54) is 17.7 Å². The van der Waals surface area contributed by atoms with E-state index in [0.29, 0.717) is 0 Å². The molecular weight excluding hydrogens is 251 g/mol. The number of hydrogen-bond acceptors (Lipinski definition) is 2. The van der Waals surface area contributed by atoms with Crippen LogP contribution in [0.4, 0.5) is 10.1 Å². The molecule has 0 saturated carbocycles. The van der Waals surface area contributed by atoms with E-state index in [4.69, 9.17) is 11.6 Å². The number of rotatable bonds is 5. The fourth-order valence-electron chi connectivity index (χ4n) is 1.56. The molecule has 2 nitrogen and oxygen atoms in total. The summed E-state index contributed by atoms with van der Waals surface area (Å²) in [5.74, 6) is -0.235. The Kier molecular flexibility index (Phi) is 4.56. The predicted octanol–water partition coefficient (Wildman–Crippen LogP) is 3.64. The third-order valence-electron chi connectivity index (χ3n) is 2.53. The Labute approximate surface area is 111 Å². The average Bonchev–Trinajstić information content (AvgIpc) is 2.39. The smallest absolute Gasteiger partial charge is 0.123 e. The van der Waals surface area contributed by atoms with Crippen LogP contribution in [0.1, 0.15) is 5.56 Å². The minimum absolute atomic E-state index is 0.235. The summed E-state index contributed by atoms with van der Waals surface area (Å²) in [4.78, 5) is 0. The van der Waals surface area contributed by atoms with E-state index < -0.39 is 0 Å². The molecule has 0 radical (unpaired) electrons. The van der Waals surface area contributed by atoms with Crippen molar-refractivity contribution >= 4 is 17.3 Å². The molecular formula is C14H14ClFN2. The van der Waals surface area contributed by atoms with Gasteiger partial charge in [-0.1, -0.05) is 23.7 Å². The zero-order valence-electron chi connectivity index (χ0n) is 9.79. The highest BCUT2D eigenvalue weighted by atomic mass is 35.5. The molecule has 94 valence electrons. The summed E-state index contributed by atoms with van der Waals surface area (Å²) in [6.07, 6.45) is 0.894. The minimum atomic E-state index is -0.235. The highest BCUT2D eigenvalue weighted by Gasteiger charge is 1.94. The molecule has 0 amide bonds. The maximum atomic E-state index is 12.7. The molecule has 2 aromatic rings. The second kappa shape index (κ2) is 6.38. The maximum absolute atomic E-state index is 12.7. The summed E-state index contributed by atoms with van der Waals surface area (Å²) < 4.78 is 12.7. The van der Waals surface area contributed by atoms with Gasteiger partial charge in [0.2, 0.25) is 0 Å². The Bertz CT molecular complexity index is 435. The number of halogens is 2. The van der Waals surface area contributed by atoms with Crippen LogP contribution in [-0.4, -0.2) is 6.54 Å². The van der Waals surface area contributed by atoms with Crippen LogP contribution < -0.4 is 10.9 Å².